The van der Waals surface area contributed by atoms with Gasteiger partial charge in [0.1, 0.15) is 17.5 Å². The molecule has 3 fully saturated rings. The molecule has 1 amide bonds. The number of rotatable bonds is 6. The summed E-state index contributed by atoms with van der Waals surface area (Å²) in [4.78, 5) is 35.1. The minimum absolute atomic E-state index is 0.0557. The van der Waals surface area contributed by atoms with Crippen molar-refractivity contribution in [3.8, 4) is 6.07 Å². The number of hydrogen-bond acceptors (Lipinski definition) is 9. The van der Waals surface area contributed by atoms with Crippen LogP contribution in [0.25, 0.3) is 0 Å². The van der Waals surface area contributed by atoms with E-state index in [2.05, 4.69) is 26.4 Å². The third kappa shape index (κ3) is 6.05. The van der Waals surface area contributed by atoms with E-state index in [0.717, 1.165) is 12.0 Å². The average molecular weight is 561 g/mol. The van der Waals surface area contributed by atoms with E-state index in [1.54, 1.807) is 11.0 Å². The van der Waals surface area contributed by atoms with Crippen molar-refractivity contribution in [3.63, 3.8) is 0 Å². The molecule has 214 valence electrons. The van der Waals surface area contributed by atoms with Crippen LogP contribution in [0.15, 0.2) is 29.3 Å². The molecular weight excluding hydrogens is 529 g/mol. The van der Waals surface area contributed by atoms with E-state index in [9.17, 15) is 22.8 Å². The van der Waals surface area contributed by atoms with Gasteiger partial charge >= 0.3 is 6.18 Å². The lowest BCUT2D eigenvalue weighted by molar-refractivity contribution is -0.138. The van der Waals surface area contributed by atoms with Crippen LogP contribution in [-0.4, -0.2) is 90.6 Å². The number of aromatic amines is 1. The largest absolute Gasteiger partial charge is 0.423 e. The van der Waals surface area contributed by atoms with Crippen molar-refractivity contribution in [3.05, 3.63) is 46.0 Å². The fraction of sp³-hybridized carbons (Fsp3) is 0.577. The summed E-state index contributed by atoms with van der Waals surface area (Å²) in [6.07, 6.45) is -0.639. The second-order valence-corrected chi connectivity index (χ2v) is 10.3. The van der Waals surface area contributed by atoms with Gasteiger partial charge in [-0.3, -0.25) is 9.59 Å². The summed E-state index contributed by atoms with van der Waals surface area (Å²) in [5.41, 5.74) is -2.23. The number of nitrogens with one attached hydrogen (secondary N) is 2. The molecule has 0 unspecified atom stereocenters. The van der Waals surface area contributed by atoms with Gasteiger partial charge in [-0.1, -0.05) is 0 Å². The maximum absolute atomic E-state index is 13.6. The lowest BCUT2D eigenvalue weighted by Gasteiger charge is -2.39. The molecule has 3 saturated heterocycles. The number of pyridine rings is 1. The fourth-order valence-corrected chi connectivity index (χ4v) is 5.72. The SMILES string of the molecule is N#Cc1ccc(N2CCN(C(=O)[C@@H]3CNC[C@H](OC[C@@H]4CCCN4c4cn[nH]c(=O)c4C(F)(F)F)C3)CC2)nc1. The van der Waals surface area contributed by atoms with Crippen LogP contribution in [0.3, 0.4) is 0 Å². The zero-order chi connectivity index (χ0) is 28.3. The molecule has 40 heavy (non-hydrogen) atoms. The predicted molar refractivity (Wildman–Crippen MR) is 139 cm³/mol. The van der Waals surface area contributed by atoms with Crippen LogP contribution in [-0.2, 0) is 15.7 Å². The molecule has 11 nitrogen and oxygen atoms in total. The summed E-state index contributed by atoms with van der Waals surface area (Å²) in [6, 6.07) is 5.26. The number of carbonyl (C=O) groups is 1. The van der Waals surface area contributed by atoms with E-state index in [0.29, 0.717) is 70.6 Å². The molecule has 0 aromatic carbocycles. The Labute approximate surface area is 228 Å². The quantitative estimate of drug-likeness (QED) is 0.538. The third-order valence-electron chi connectivity index (χ3n) is 7.78. The molecule has 0 saturated carbocycles. The zero-order valence-electron chi connectivity index (χ0n) is 21.9. The van der Waals surface area contributed by atoms with Crippen molar-refractivity contribution in [2.75, 3.05) is 62.2 Å². The lowest BCUT2D eigenvalue weighted by Crippen LogP contribution is -2.54. The standard InChI is InChI=1S/C26H31F3N8O3/c27-26(28,29)23-21(15-33-34-24(23)38)37-5-1-2-19(37)16-40-20-10-18(13-31-14-20)25(39)36-8-6-35(7-9-36)22-4-3-17(11-30)12-32-22/h3-4,12,15,18-20,31H,1-2,5-10,13-14,16H2,(H,34,38)/t18-,19-,20+/m0/s1. The number of halogens is 3. The van der Waals surface area contributed by atoms with Crippen molar-refractivity contribution in [1.82, 2.24) is 25.4 Å². The number of nitriles is 1. The van der Waals surface area contributed by atoms with Gasteiger partial charge in [0, 0.05) is 52.0 Å². The van der Waals surface area contributed by atoms with Gasteiger partial charge in [0.2, 0.25) is 5.91 Å². The summed E-state index contributed by atoms with van der Waals surface area (Å²) in [7, 11) is 0. The number of hydrogen-bond donors (Lipinski definition) is 2. The number of aromatic nitrogens is 3. The van der Waals surface area contributed by atoms with E-state index in [1.807, 2.05) is 16.1 Å². The summed E-state index contributed by atoms with van der Waals surface area (Å²) in [6.45, 7) is 4.05. The van der Waals surface area contributed by atoms with Gasteiger partial charge in [-0.25, -0.2) is 10.1 Å². The summed E-state index contributed by atoms with van der Waals surface area (Å²) in [5, 5.41) is 17.7. The molecule has 3 aliphatic rings. The van der Waals surface area contributed by atoms with E-state index < -0.39 is 17.3 Å². The van der Waals surface area contributed by atoms with E-state index in [4.69, 9.17) is 10.00 Å². The van der Waals surface area contributed by atoms with Gasteiger partial charge in [0.05, 0.1) is 42.1 Å². The van der Waals surface area contributed by atoms with Crippen LogP contribution in [0.5, 0.6) is 0 Å². The number of amides is 1. The van der Waals surface area contributed by atoms with Gasteiger partial charge in [-0.05, 0) is 31.4 Å². The molecule has 3 aliphatic heterocycles. The highest BCUT2D eigenvalue weighted by atomic mass is 19.4. The van der Waals surface area contributed by atoms with Crippen LogP contribution in [0.1, 0.15) is 30.4 Å². The van der Waals surface area contributed by atoms with Crippen molar-refractivity contribution >= 4 is 17.4 Å². The monoisotopic (exact) mass is 560 g/mol. The van der Waals surface area contributed by atoms with Gasteiger partial charge in [-0.2, -0.15) is 23.5 Å². The molecule has 5 heterocycles. The highest BCUT2D eigenvalue weighted by Gasteiger charge is 2.41. The first-order valence-electron chi connectivity index (χ1n) is 13.4. The minimum atomic E-state index is -4.80. The van der Waals surface area contributed by atoms with Crippen molar-refractivity contribution < 1.29 is 22.7 Å². The Morgan fingerprint density at radius 1 is 1.15 bits per heavy atom. The second kappa shape index (κ2) is 11.8. The fourth-order valence-electron chi connectivity index (χ4n) is 5.72. The van der Waals surface area contributed by atoms with E-state index in [1.165, 1.54) is 6.20 Å². The first-order valence-corrected chi connectivity index (χ1v) is 13.4. The van der Waals surface area contributed by atoms with E-state index >= 15 is 0 Å². The van der Waals surface area contributed by atoms with E-state index in [-0.39, 0.29) is 36.3 Å². The summed E-state index contributed by atoms with van der Waals surface area (Å²) >= 11 is 0. The highest BCUT2D eigenvalue weighted by molar-refractivity contribution is 5.79. The Balaban J connectivity index is 1.14. The molecule has 2 N–H and O–H groups in total. The topological polar surface area (TPSA) is 130 Å². The molecule has 0 aliphatic carbocycles. The summed E-state index contributed by atoms with van der Waals surface area (Å²) in [5.74, 6) is 0.574. The Morgan fingerprint density at radius 3 is 2.65 bits per heavy atom. The molecule has 0 bridgehead atoms. The van der Waals surface area contributed by atoms with Gasteiger partial charge in [0.15, 0.2) is 0 Å². The molecule has 5 rings (SSSR count). The zero-order valence-corrected chi connectivity index (χ0v) is 21.9. The molecule has 0 radical (unpaired) electrons. The Hall–Kier alpha value is -3.70. The Morgan fingerprint density at radius 2 is 1.95 bits per heavy atom. The number of anilines is 2. The minimum Gasteiger partial charge on any atom is -0.375 e. The first kappa shape index (κ1) is 27.9. The number of piperazine rings is 1. The van der Waals surface area contributed by atoms with Crippen LogP contribution in [0, 0.1) is 17.2 Å². The second-order valence-electron chi connectivity index (χ2n) is 10.3. The van der Waals surface area contributed by atoms with Gasteiger partial charge in [0.25, 0.3) is 5.56 Å². The smallest absolute Gasteiger partial charge is 0.375 e. The van der Waals surface area contributed by atoms with Crippen LogP contribution >= 0.6 is 0 Å². The lowest BCUT2D eigenvalue weighted by atomic mass is 9.95. The number of alkyl halides is 3. The number of piperidine rings is 1. The number of nitrogens with zero attached hydrogens (tertiary/aromatic N) is 6. The normalized spacial score (nSPS) is 23.8. The maximum atomic E-state index is 13.6. The Kier molecular flexibility index (Phi) is 8.22. The molecule has 0 spiro atoms. The van der Waals surface area contributed by atoms with Gasteiger partial charge in [-0.15, -0.1) is 0 Å². The number of H-pyrrole nitrogens is 1. The third-order valence-corrected chi connectivity index (χ3v) is 7.78. The molecule has 2 aromatic rings. The van der Waals surface area contributed by atoms with Crippen molar-refractivity contribution in [2.45, 2.75) is 37.6 Å². The Bertz CT molecular complexity index is 1290. The number of ether oxygens (including phenoxy) is 1. The molecule has 3 atom stereocenters. The molecule has 2 aromatic heterocycles. The van der Waals surface area contributed by atoms with Crippen molar-refractivity contribution in [2.24, 2.45) is 5.92 Å². The predicted octanol–water partition coefficient (Wildman–Crippen LogP) is 1.37. The van der Waals surface area contributed by atoms with Crippen LogP contribution < -0.4 is 20.7 Å². The highest BCUT2D eigenvalue weighted by Crippen LogP contribution is 2.36. The first-order chi connectivity index (χ1) is 19.2. The molecular formula is C26H31F3N8O3. The van der Waals surface area contributed by atoms with Gasteiger partial charge < -0.3 is 24.8 Å². The van der Waals surface area contributed by atoms with Crippen LogP contribution in [0.2, 0.25) is 0 Å². The maximum Gasteiger partial charge on any atom is 0.423 e. The summed E-state index contributed by atoms with van der Waals surface area (Å²) < 4.78 is 47.0. The average Bonchev–Trinajstić information content (AvgIpc) is 3.44. The number of carbonyl (C=O) groups excluding carboxylic acids is 1. The van der Waals surface area contributed by atoms with Crippen molar-refractivity contribution in [1.29, 1.82) is 5.26 Å². The van der Waals surface area contributed by atoms with Crippen LogP contribution in [0.4, 0.5) is 24.7 Å². The molecule has 14 heteroatoms.